The normalized spacial score (nSPS) is 10.7. The van der Waals surface area contributed by atoms with Crippen molar-refractivity contribution in [2.24, 2.45) is 0 Å². The summed E-state index contributed by atoms with van der Waals surface area (Å²) in [5, 5.41) is 0. The first-order valence-electron chi connectivity index (χ1n) is 10.3. The van der Waals surface area contributed by atoms with Crippen molar-refractivity contribution in [1.82, 2.24) is 0 Å². The van der Waals surface area contributed by atoms with Crippen molar-refractivity contribution in [2.75, 3.05) is 0 Å². The van der Waals surface area contributed by atoms with Gasteiger partial charge in [0, 0.05) is 0 Å². The highest BCUT2D eigenvalue weighted by atomic mass is 14.1. The Hall–Kier alpha value is -3.90. The van der Waals surface area contributed by atoms with Crippen LogP contribution in [0.25, 0.3) is 44.5 Å². The monoisotopic (exact) mass is 382 g/mol. The summed E-state index contributed by atoms with van der Waals surface area (Å²) in [4.78, 5) is 0. The van der Waals surface area contributed by atoms with Gasteiger partial charge in [-0.1, -0.05) is 133 Å². The van der Waals surface area contributed by atoms with Gasteiger partial charge in [0.05, 0.1) is 0 Å². The molecule has 0 bridgehead atoms. The van der Waals surface area contributed by atoms with Crippen LogP contribution in [0.4, 0.5) is 0 Å². The van der Waals surface area contributed by atoms with Gasteiger partial charge in [0.2, 0.25) is 0 Å². The topological polar surface area (TPSA) is 0 Å². The molecule has 30 heavy (non-hydrogen) atoms. The fourth-order valence-corrected chi connectivity index (χ4v) is 3.83. The standard InChI is InChI=1S/C30H22/c1-3-7-23(8-4-1)25-11-15-27(16-12-25)29-19-21-30(22-20-29)28-17-13-26(14-18-28)24-9-5-2-6-10-24/h1-22H. The third kappa shape index (κ3) is 3.81. The van der Waals surface area contributed by atoms with Crippen molar-refractivity contribution >= 4 is 0 Å². The summed E-state index contributed by atoms with van der Waals surface area (Å²) in [6.07, 6.45) is 0. The molecular weight excluding hydrogens is 360 g/mol. The van der Waals surface area contributed by atoms with E-state index >= 15 is 0 Å². The van der Waals surface area contributed by atoms with Gasteiger partial charge in [-0.15, -0.1) is 0 Å². The van der Waals surface area contributed by atoms with Gasteiger partial charge in [0.1, 0.15) is 0 Å². The molecule has 0 heterocycles. The molecule has 0 aromatic heterocycles. The average molecular weight is 383 g/mol. The van der Waals surface area contributed by atoms with Crippen LogP contribution in [0.1, 0.15) is 0 Å². The van der Waals surface area contributed by atoms with Crippen molar-refractivity contribution in [3.05, 3.63) is 133 Å². The number of rotatable bonds is 4. The van der Waals surface area contributed by atoms with Crippen LogP contribution in [0, 0.1) is 0 Å². The van der Waals surface area contributed by atoms with E-state index in [4.69, 9.17) is 0 Å². The van der Waals surface area contributed by atoms with Crippen LogP contribution in [-0.4, -0.2) is 0 Å². The Morgan fingerprint density at radius 1 is 0.167 bits per heavy atom. The molecule has 0 amide bonds. The van der Waals surface area contributed by atoms with Gasteiger partial charge in [-0.25, -0.2) is 0 Å². The third-order valence-corrected chi connectivity index (χ3v) is 5.54. The van der Waals surface area contributed by atoms with Crippen molar-refractivity contribution in [1.29, 1.82) is 0 Å². The number of hydrogen-bond donors (Lipinski definition) is 0. The van der Waals surface area contributed by atoms with E-state index < -0.39 is 0 Å². The molecule has 0 heteroatoms. The molecule has 0 atom stereocenters. The lowest BCUT2D eigenvalue weighted by Gasteiger charge is -2.08. The lowest BCUT2D eigenvalue weighted by atomic mass is 9.97. The van der Waals surface area contributed by atoms with Crippen molar-refractivity contribution in [3.63, 3.8) is 0 Å². The molecule has 0 radical (unpaired) electrons. The molecule has 0 saturated heterocycles. The Morgan fingerprint density at radius 3 is 0.533 bits per heavy atom. The molecule has 0 N–H and O–H groups in total. The van der Waals surface area contributed by atoms with Gasteiger partial charge in [-0.2, -0.15) is 0 Å². The number of benzene rings is 5. The summed E-state index contributed by atoms with van der Waals surface area (Å²) in [7, 11) is 0. The Balaban J connectivity index is 1.35. The van der Waals surface area contributed by atoms with E-state index in [1.165, 1.54) is 44.5 Å². The molecule has 0 nitrogen and oxygen atoms in total. The van der Waals surface area contributed by atoms with Crippen LogP contribution in [0.5, 0.6) is 0 Å². The quantitative estimate of drug-likeness (QED) is 0.293. The Labute approximate surface area is 178 Å². The molecule has 0 aliphatic rings. The summed E-state index contributed by atoms with van der Waals surface area (Å²) >= 11 is 0. The summed E-state index contributed by atoms with van der Waals surface area (Å²) in [6, 6.07) is 47.4. The van der Waals surface area contributed by atoms with E-state index in [1.807, 2.05) is 0 Å². The van der Waals surface area contributed by atoms with Crippen LogP contribution in [0.2, 0.25) is 0 Å². The Morgan fingerprint density at radius 2 is 0.333 bits per heavy atom. The van der Waals surface area contributed by atoms with Crippen LogP contribution >= 0.6 is 0 Å². The summed E-state index contributed by atoms with van der Waals surface area (Å²) in [6.45, 7) is 0. The van der Waals surface area contributed by atoms with E-state index in [2.05, 4.69) is 133 Å². The summed E-state index contributed by atoms with van der Waals surface area (Å²) in [5.74, 6) is 0. The summed E-state index contributed by atoms with van der Waals surface area (Å²) < 4.78 is 0. The first-order chi connectivity index (χ1) is 14.9. The van der Waals surface area contributed by atoms with Gasteiger partial charge in [-0.3, -0.25) is 0 Å². The van der Waals surface area contributed by atoms with Crippen molar-refractivity contribution in [2.45, 2.75) is 0 Å². The third-order valence-electron chi connectivity index (χ3n) is 5.54. The summed E-state index contributed by atoms with van der Waals surface area (Å²) in [5.41, 5.74) is 9.93. The fraction of sp³-hybridized carbons (Fsp3) is 0. The van der Waals surface area contributed by atoms with Crippen molar-refractivity contribution in [3.8, 4) is 44.5 Å². The lowest BCUT2D eigenvalue weighted by molar-refractivity contribution is 1.57. The smallest absolute Gasteiger partial charge is 0.0184 e. The van der Waals surface area contributed by atoms with Crippen LogP contribution < -0.4 is 0 Å². The van der Waals surface area contributed by atoms with E-state index in [0.29, 0.717) is 0 Å². The maximum Gasteiger partial charge on any atom is -0.0184 e. The highest BCUT2D eigenvalue weighted by Crippen LogP contribution is 2.29. The second kappa shape index (κ2) is 8.23. The Kier molecular flexibility index (Phi) is 4.98. The molecule has 5 aromatic rings. The second-order valence-electron chi connectivity index (χ2n) is 7.46. The van der Waals surface area contributed by atoms with Crippen LogP contribution in [0.3, 0.4) is 0 Å². The van der Waals surface area contributed by atoms with Crippen LogP contribution in [-0.2, 0) is 0 Å². The minimum atomic E-state index is 1.24. The lowest BCUT2D eigenvalue weighted by Crippen LogP contribution is -1.83. The highest BCUT2D eigenvalue weighted by Gasteiger charge is 2.03. The van der Waals surface area contributed by atoms with Gasteiger partial charge < -0.3 is 0 Å². The van der Waals surface area contributed by atoms with Crippen molar-refractivity contribution < 1.29 is 0 Å². The highest BCUT2D eigenvalue weighted by molar-refractivity contribution is 5.74. The molecule has 0 saturated carbocycles. The SMILES string of the molecule is c1ccc(-c2ccc(-c3ccc(-c4ccc(-c5ccccc5)cc4)cc3)cc2)cc1. The molecule has 5 rings (SSSR count). The molecule has 0 aliphatic carbocycles. The van der Waals surface area contributed by atoms with E-state index in [9.17, 15) is 0 Å². The molecule has 0 spiro atoms. The first kappa shape index (κ1) is 18.1. The molecule has 5 aromatic carbocycles. The minimum Gasteiger partial charge on any atom is -0.0622 e. The van der Waals surface area contributed by atoms with Crippen LogP contribution in [0.15, 0.2) is 133 Å². The molecule has 0 aliphatic heterocycles. The molecule has 142 valence electrons. The maximum atomic E-state index is 2.21. The minimum absolute atomic E-state index is 1.24. The first-order valence-corrected chi connectivity index (χ1v) is 10.3. The molecule has 0 unspecified atom stereocenters. The molecule has 0 fully saturated rings. The zero-order valence-corrected chi connectivity index (χ0v) is 16.7. The zero-order chi connectivity index (χ0) is 20.2. The van der Waals surface area contributed by atoms with E-state index in [-0.39, 0.29) is 0 Å². The Bertz CT molecular complexity index is 1110. The average Bonchev–Trinajstić information content (AvgIpc) is 2.85. The van der Waals surface area contributed by atoms with Gasteiger partial charge >= 0.3 is 0 Å². The van der Waals surface area contributed by atoms with E-state index in [1.54, 1.807) is 0 Å². The predicted octanol–water partition coefficient (Wildman–Crippen LogP) is 8.35. The van der Waals surface area contributed by atoms with Gasteiger partial charge in [0.15, 0.2) is 0 Å². The fourth-order valence-electron chi connectivity index (χ4n) is 3.83. The maximum absolute atomic E-state index is 2.21. The van der Waals surface area contributed by atoms with Gasteiger partial charge in [0.25, 0.3) is 0 Å². The molecular formula is C30H22. The second-order valence-corrected chi connectivity index (χ2v) is 7.46. The number of hydrogen-bond acceptors (Lipinski definition) is 0. The van der Waals surface area contributed by atoms with Gasteiger partial charge in [-0.05, 0) is 44.5 Å². The largest absolute Gasteiger partial charge is 0.0622 e. The van der Waals surface area contributed by atoms with E-state index in [0.717, 1.165) is 0 Å². The predicted molar refractivity (Wildman–Crippen MR) is 128 cm³/mol. The zero-order valence-electron chi connectivity index (χ0n) is 16.7.